The van der Waals surface area contributed by atoms with Crippen molar-refractivity contribution < 1.29 is 13.2 Å². The van der Waals surface area contributed by atoms with E-state index in [0.29, 0.717) is 11.4 Å². The Bertz CT molecular complexity index is 608. The van der Waals surface area contributed by atoms with Gasteiger partial charge in [-0.15, -0.1) is 0 Å². The van der Waals surface area contributed by atoms with Crippen LogP contribution in [0.3, 0.4) is 0 Å². The van der Waals surface area contributed by atoms with Crippen molar-refractivity contribution in [2.24, 2.45) is 0 Å². The van der Waals surface area contributed by atoms with Crippen molar-refractivity contribution in [2.75, 3.05) is 7.11 Å². The molecule has 1 aromatic carbocycles. The molecule has 0 unspecified atom stereocenters. The number of sulfonamides is 1. The van der Waals surface area contributed by atoms with Crippen LogP contribution in [-0.4, -0.2) is 25.7 Å². The summed E-state index contributed by atoms with van der Waals surface area (Å²) in [6.07, 6.45) is 1.56. The topological polar surface area (TPSA) is 84.1 Å². The quantitative estimate of drug-likeness (QED) is 0.843. The Balaban J connectivity index is 2.14. The average molecular weight is 267 g/mol. The van der Waals surface area contributed by atoms with Crippen LogP contribution >= 0.6 is 0 Å². The van der Waals surface area contributed by atoms with E-state index in [2.05, 4.69) is 14.9 Å². The zero-order valence-electron chi connectivity index (χ0n) is 9.75. The van der Waals surface area contributed by atoms with Gasteiger partial charge in [-0.2, -0.15) is 5.10 Å². The molecule has 6 nitrogen and oxygen atoms in total. The predicted molar refractivity (Wildman–Crippen MR) is 65.6 cm³/mol. The number of ether oxygens (including phenoxy) is 1. The van der Waals surface area contributed by atoms with Crippen molar-refractivity contribution in [3.63, 3.8) is 0 Å². The van der Waals surface area contributed by atoms with Crippen LogP contribution < -0.4 is 9.46 Å². The highest BCUT2D eigenvalue weighted by molar-refractivity contribution is 7.89. The molecule has 2 N–H and O–H groups in total. The number of rotatable bonds is 5. The van der Waals surface area contributed by atoms with Gasteiger partial charge >= 0.3 is 0 Å². The SMILES string of the molecule is COc1cccc(S(=O)(=O)NCc2ccn[nH]2)c1. The molecule has 0 bridgehead atoms. The lowest BCUT2D eigenvalue weighted by atomic mass is 10.3. The largest absolute Gasteiger partial charge is 0.497 e. The fourth-order valence-corrected chi connectivity index (χ4v) is 2.45. The lowest BCUT2D eigenvalue weighted by molar-refractivity contribution is 0.413. The highest BCUT2D eigenvalue weighted by Crippen LogP contribution is 2.16. The summed E-state index contributed by atoms with van der Waals surface area (Å²) >= 11 is 0. The van der Waals surface area contributed by atoms with Gasteiger partial charge in [0.25, 0.3) is 0 Å². The summed E-state index contributed by atoms with van der Waals surface area (Å²) in [6, 6.07) is 8.00. The minimum Gasteiger partial charge on any atom is -0.497 e. The van der Waals surface area contributed by atoms with Gasteiger partial charge in [0.05, 0.1) is 24.2 Å². The van der Waals surface area contributed by atoms with E-state index in [1.54, 1.807) is 24.4 Å². The third kappa shape index (κ3) is 2.88. The standard InChI is InChI=1S/C11H13N3O3S/c1-17-10-3-2-4-11(7-10)18(15,16)13-8-9-5-6-12-14-9/h2-7,13H,8H2,1H3,(H,12,14). The molecule has 0 aliphatic carbocycles. The normalized spacial score (nSPS) is 11.4. The van der Waals surface area contributed by atoms with Gasteiger partial charge in [0, 0.05) is 12.3 Å². The van der Waals surface area contributed by atoms with Crippen molar-refractivity contribution in [1.29, 1.82) is 0 Å². The molecule has 0 spiro atoms. The molecule has 0 saturated carbocycles. The number of benzene rings is 1. The van der Waals surface area contributed by atoms with Gasteiger partial charge in [-0.25, -0.2) is 13.1 Å². The molecular formula is C11H13N3O3S. The van der Waals surface area contributed by atoms with Crippen molar-refractivity contribution in [3.8, 4) is 5.75 Å². The first-order valence-electron chi connectivity index (χ1n) is 5.24. The van der Waals surface area contributed by atoms with Crippen molar-refractivity contribution >= 4 is 10.0 Å². The predicted octanol–water partition coefficient (Wildman–Crippen LogP) is 0.897. The first kappa shape index (κ1) is 12.6. The summed E-state index contributed by atoms with van der Waals surface area (Å²) in [6.45, 7) is 0.166. The second kappa shape index (κ2) is 5.19. The van der Waals surface area contributed by atoms with Gasteiger partial charge in [0.2, 0.25) is 10.0 Å². The highest BCUT2D eigenvalue weighted by Gasteiger charge is 2.14. The summed E-state index contributed by atoms with van der Waals surface area (Å²) in [7, 11) is -2.06. The third-order valence-electron chi connectivity index (χ3n) is 2.36. The molecular weight excluding hydrogens is 254 g/mol. The first-order chi connectivity index (χ1) is 8.62. The van der Waals surface area contributed by atoms with Crippen LogP contribution in [0.2, 0.25) is 0 Å². The van der Waals surface area contributed by atoms with Crippen molar-refractivity contribution in [3.05, 3.63) is 42.2 Å². The van der Waals surface area contributed by atoms with Gasteiger partial charge in [0.1, 0.15) is 5.75 Å². The van der Waals surface area contributed by atoms with Gasteiger partial charge in [-0.1, -0.05) is 6.07 Å². The Morgan fingerprint density at radius 2 is 2.22 bits per heavy atom. The number of nitrogens with one attached hydrogen (secondary N) is 2. The number of methoxy groups -OCH3 is 1. The fraction of sp³-hybridized carbons (Fsp3) is 0.182. The summed E-state index contributed by atoms with van der Waals surface area (Å²) in [5, 5.41) is 6.43. The molecule has 0 amide bonds. The number of nitrogens with zero attached hydrogens (tertiary/aromatic N) is 1. The second-order valence-corrected chi connectivity index (χ2v) is 5.35. The fourth-order valence-electron chi connectivity index (χ4n) is 1.41. The van der Waals surface area contributed by atoms with E-state index in [4.69, 9.17) is 4.74 Å². The van der Waals surface area contributed by atoms with Gasteiger partial charge < -0.3 is 4.74 Å². The Hall–Kier alpha value is -1.86. The van der Waals surface area contributed by atoms with Gasteiger partial charge in [0.15, 0.2) is 0 Å². The molecule has 2 aromatic rings. The highest BCUT2D eigenvalue weighted by atomic mass is 32.2. The zero-order valence-corrected chi connectivity index (χ0v) is 10.6. The molecule has 0 saturated heterocycles. The van der Waals surface area contributed by atoms with Crippen LogP contribution in [0.4, 0.5) is 0 Å². The molecule has 0 aliphatic heterocycles. The maximum absolute atomic E-state index is 12.0. The Morgan fingerprint density at radius 3 is 2.89 bits per heavy atom. The summed E-state index contributed by atoms with van der Waals surface area (Å²) < 4.78 is 31.5. The lowest BCUT2D eigenvalue weighted by Gasteiger charge is -2.07. The molecule has 18 heavy (non-hydrogen) atoms. The van der Waals surface area contributed by atoms with E-state index in [1.165, 1.54) is 19.2 Å². The van der Waals surface area contributed by atoms with E-state index >= 15 is 0 Å². The maximum Gasteiger partial charge on any atom is 0.241 e. The van der Waals surface area contributed by atoms with E-state index in [9.17, 15) is 8.42 Å². The van der Waals surface area contributed by atoms with Crippen LogP contribution in [0.15, 0.2) is 41.4 Å². The summed E-state index contributed by atoms with van der Waals surface area (Å²) in [4.78, 5) is 0.168. The molecule has 2 rings (SSSR count). The van der Waals surface area contributed by atoms with E-state index in [1.807, 2.05) is 0 Å². The number of hydrogen-bond acceptors (Lipinski definition) is 4. The number of hydrogen-bond donors (Lipinski definition) is 2. The number of H-pyrrole nitrogens is 1. The number of aromatic nitrogens is 2. The third-order valence-corrected chi connectivity index (χ3v) is 3.76. The minimum atomic E-state index is -3.55. The van der Waals surface area contributed by atoms with Crippen LogP contribution in [0, 0.1) is 0 Å². The summed E-state index contributed by atoms with van der Waals surface area (Å²) in [5.74, 6) is 0.499. The molecule has 96 valence electrons. The van der Waals surface area contributed by atoms with Crippen molar-refractivity contribution in [1.82, 2.24) is 14.9 Å². The zero-order chi connectivity index (χ0) is 13.0. The van der Waals surface area contributed by atoms with E-state index < -0.39 is 10.0 Å². The molecule has 1 heterocycles. The molecule has 7 heteroatoms. The second-order valence-electron chi connectivity index (χ2n) is 3.59. The monoisotopic (exact) mass is 267 g/mol. The van der Waals surface area contributed by atoms with Gasteiger partial charge in [-0.05, 0) is 18.2 Å². The van der Waals surface area contributed by atoms with Crippen LogP contribution in [0.1, 0.15) is 5.69 Å². The first-order valence-corrected chi connectivity index (χ1v) is 6.72. The van der Waals surface area contributed by atoms with Crippen LogP contribution in [-0.2, 0) is 16.6 Å². The van der Waals surface area contributed by atoms with Gasteiger partial charge in [-0.3, -0.25) is 5.10 Å². The Kier molecular flexibility index (Phi) is 3.63. The Morgan fingerprint density at radius 1 is 1.39 bits per heavy atom. The minimum absolute atomic E-state index is 0.166. The molecule has 0 aliphatic rings. The van der Waals surface area contributed by atoms with E-state index in [-0.39, 0.29) is 11.4 Å². The number of aromatic amines is 1. The maximum atomic E-state index is 12.0. The molecule has 0 radical (unpaired) electrons. The van der Waals surface area contributed by atoms with Crippen LogP contribution in [0.5, 0.6) is 5.75 Å². The average Bonchev–Trinajstić information content (AvgIpc) is 2.90. The summed E-state index contributed by atoms with van der Waals surface area (Å²) in [5.41, 5.74) is 0.696. The van der Waals surface area contributed by atoms with E-state index in [0.717, 1.165) is 0 Å². The van der Waals surface area contributed by atoms with Crippen LogP contribution in [0.25, 0.3) is 0 Å². The Labute approximate surface area is 105 Å². The van der Waals surface area contributed by atoms with Crippen molar-refractivity contribution in [2.45, 2.75) is 11.4 Å². The molecule has 1 aromatic heterocycles. The lowest BCUT2D eigenvalue weighted by Crippen LogP contribution is -2.23. The smallest absolute Gasteiger partial charge is 0.241 e. The molecule has 0 atom stereocenters. The molecule has 0 fully saturated rings.